The van der Waals surface area contributed by atoms with Crippen molar-refractivity contribution in [1.82, 2.24) is 20.4 Å². The highest BCUT2D eigenvalue weighted by molar-refractivity contribution is 14.0. The molecule has 1 unspecified atom stereocenters. The molecule has 4 aliphatic rings. The van der Waals surface area contributed by atoms with Crippen LogP contribution >= 0.6 is 24.0 Å². The minimum Gasteiger partial charge on any atom is -0.386 e. The zero-order chi connectivity index (χ0) is 17.4. The van der Waals surface area contributed by atoms with Crippen LogP contribution in [0, 0.1) is 23.2 Å². The van der Waals surface area contributed by atoms with Crippen molar-refractivity contribution in [2.75, 3.05) is 20.1 Å². The molecule has 1 aromatic rings. The SMILES string of the molecule is CN=C(NCC(O)c1cnn(C)c1)NCC12CC3CC(CC(C3)C1)C2.I. The van der Waals surface area contributed by atoms with E-state index in [9.17, 15) is 5.11 Å². The topological polar surface area (TPSA) is 74.5 Å². The average molecular weight is 473 g/mol. The van der Waals surface area contributed by atoms with E-state index in [0.29, 0.717) is 12.0 Å². The summed E-state index contributed by atoms with van der Waals surface area (Å²) in [7, 11) is 3.65. The first kappa shape index (κ1) is 19.9. The fraction of sp³-hybridized carbons (Fsp3) is 0.789. The van der Waals surface area contributed by atoms with Crippen LogP contribution in [0.3, 0.4) is 0 Å². The van der Waals surface area contributed by atoms with Crippen LogP contribution in [0.25, 0.3) is 0 Å². The minimum atomic E-state index is -0.577. The Morgan fingerprint density at radius 2 is 1.88 bits per heavy atom. The maximum absolute atomic E-state index is 10.3. The number of halogens is 1. The van der Waals surface area contributed by atoms with E-state index in [4.69, 9.17) is 0 Å². The van der Waals surface area contributed by atoms with Crippen LogP contribution in [0.5, 0.6) is 0 Å². The molecule has 4 saturated carbocycles. The lowest BCUT2D eigenvalue weighted by atomic mass is 9.49. The predicted octanol–water partition coefficient (Wildman–Crippen LogP) is 2.45. The molecular weight excluding hydrogens is 441 g/mol. The first-order valence-electron chi connectivity index (χ1n) is 9.66. The van der Waals surface area contributed by atoms with Gasteiger partial charge in [0.05, 0.1) is 12.3 Å². The van der Waals surface area contributed by atoms with Gasteiger partial charge in [0, 0.05) is 38.9 Å². The summed E-state index contributed by atoms with van der Waals surface area (Å²) in [6, 6.07) is 0. The van der Waals surface area contributed by atoms with E-state index < -0.39 is 6.10 Å². The van der Waals surface area contributed by atoms with Gasteiger partial charge in [-0.2, -0.15) is 5.10 Å². The van der Waals surface area contributed by atoms with E-state index in [-0.39, 0.29) is 24.0 Å². The highest BCUT2D eigenvalue weighted by atomic mass is 127. The molecule has 0 spiro atoms. The van der Waals surface area contributed by atoms with E-state index in [1.807, 2.05) is 13.2 Å². The van der Waals surface area contributed by atoms with Crippen molar-refractivity contribution in [3.63, 3.8) is 0 Å². The molecule has 146 valence electrons. The van der Waals surface area contributed by atoms with Gasteiger partial charge in [0.25, 0.3) is 0 Å². The molecule has 6 nitrogen and oxygen atoms in total. The highest BCUT2D eigenvalue weighted by Crippen LogP contribution is 2.59. The molecule has 4 bridgehead atoms. The highest BCUT2D eigenvalue weighted by Gasteiger charge is 2.50. The number of aliphatic imine (C=N–C) groups is 1. The second-order valence-electron chi connectivity index (χ2n) is 8.69. The van der Waals surface area contributed by atoms with Crippen LogP contribution in [0.1, 0.15) is 50.2 Å². The Hall–Kier alpha value is -0.830. The molecule has 0 radical (unpaired) electrons. The van der Waals surface area contributed by atoms with Crippen LogP contribution in [-0.2, 0) is 7.05 Å². The Morgan fingerprint density at radius 1 is 1.27 bits per heavy atom. The molecule has 4 fully saturated rings. The summed E-state index contributed by atoms with van der Waals surface area (Å²) < 4.78 is 1.71. The molecule has 1 aromatic heterocycles. The zero-order valence-electron chi connectivity index (χ0n) is 15.8. The van der Waals surface area contributed by atoms with Crippen molar-refractivity contribution in [2.24, 2.45) is 35.2 Å². The Balaban J connectivity index is 0.00000196. The normalized spacial score (nSPS) is 33.7. The first-order chi connectivity index (χ1) is 12.0. The van der Waals surface area contributed by atoms with E-state index in [0.717, 1.165) is 35.8 Å². The Bertz CT molecular complexity index is 608. The second-order valence-corrected chi connectivity index (χ2v) is 8.69. The third kappa shape index (κ3) is 4.18. The Kier molecular flexibility index (Phi) is 6.16. The van der Waals surface area contributed by atoms with Gasteiger partial charge in [-0.15, -0.1) is 24.0 Å². The molecule has 1 heterocycles. The van der Waals surface area contributed by atoms with Gasteiger partial charge in [-0.1, -0.05) is 0 Å². The van der Waals surface area contributed by atoms with E-state index >= 15 is 0 Å². The van der Waals surface area contributed by atoms with Gasteiger partial charge in [0.2, 0.25) is 0 Å². The first-order valence-corrected chi connectivity index (χ1v) is 9.66. The van der Waals surface area contributed by atoms with E-state index in [1.54, 1.807) is 17.9 Å². The Morgan fingerprint density at radius 3 is 2.38 bits per heavy atom. The summed E-state index contributed by atoms with van der Waals surface area (Å²) in [6.07, 6.45) is 11.6. The fourth-order valence-corrected chi connectivity index (χ4v) is 5.92. The maximum Gasteiger partial charge on any atom is 0.191 e. The summed E-state index contributed by atoms with van der Waals surface area (Å²) in [6.45, 7) is 1.45. The summed E-state index contributed by atoms with van der Waals surface area (Å²) in [5.41, 5.74) is 1.31. The lowest BCUT2D eigenvalue weighted by Crippen LogP contribution is -2.52. The van der Waals surface area contributed by atoms with Gasteiger partial charge in [-0.05, 0) is 61.7 Å². The number of guanidine groups is 1. The molecular formula is C19H32IN5O. The molecule has 7 heteroatoms. The van der Waals surface area contributed by atoms with Crippen LogP contribution in [0.4, 0.5) is 0 Å². The predicted molar refractivity (Wildman–Crippen MR) is 114 cm³/mol. The third-order valence-corrected chi connectivity index (χ3v) is 6.59. The number of hydrogen-bond donors (Lipinski definition) is 3. The van der Waals surface area contributed by atoms with Crippen LogP contribution < -0.4 is 10.6 Å². The van der Waals surface area contributed by atoms with Crippen molar-refractivity contribution >= 4 is 29.9 Å². The Labute approximate surface area is 173 Å². The van der Waals surface area contributed by atoms with Gasteiger partial charge in [-0.3, -0.25) is 9.67 Å². The molecule has 1 atom stereocenters. The summed E-state index contributed by atoms with van der Waals surface area (Å²) >= 11 is 0. The molecule has 3 N–H and O–H groups in total. The van der Waals surface area contributed by atoms with Gasteiger partial charge in [-0.25, -0.2) is 0 Å². The molecule has 0 aliphatic heterocycles. The van der Waals surface area contributed by atoms with Crippen LogP contribution in [0.15, 0.2) is 17.4 Å². The summed E-state index contributed by atoms with van der Waals surface area (Å²) in [4.78, 5) is 4.34. The van der Waals surface area contributed by atoms with E-state index in [1.165, 1.54) is 38.5 Å². The lowest BCUT2D eigenvalue weighted by Gasteiger charge is -2.57. The number of aryl methyl sites for hydroxylation is 1. The number of nitrogens with one attached hydrogen (secondary N) is 2. The third-order valence-electron chi connectivity index (χ3n) is 6.59. The average Bonchev–Trinajstić information content (AvgIpc) is 3.00. The molecule has 0 amide bonds. The monoisotopic (exact) mass is 473 g/mol. The van der Waals surface area contributed by atoms with Crippen LogP contribution in [-0.4, -0.2) is 41.0 Å². The lowest BCUT2D eigenvalue weighted by molar-refractivity contribution is -0.0492. The van der Waals surface area contributed by atoms with Gasteiger partial charge >= 0.3 is 0 Å². The quantitative estimate of drug-likeness (QED) is 0.349. The molecule has 26 heavy (non-hydrogen) atoms. The summed E-state index contributed by atoms with van der Waals surface area (Å²) in [5, 5.41) is 21.2. The van der Waals surface area contributed by atoms with Crippen molar-refractivity contribution in [3.8, 4) is 0 Å². The van der Waals surface area contributed by atoms with Crippen molar-refractivity contribution in [3.05, 3.63) is 18.0 Å². The number of aliphatic hydroxyl groups is 1. The molecule has 0 aromatic carbocycles. The fourth-order valence-electron chi connectivity index (χ4n) is 5.92. The molecule has 0 saturated heterocycles. The number of aliphatic hydroxyl groups excluding tert-OH is 1. The largest absolute Gasteiger partial charge is 0.386 e. The van der Waals surface area contributed by atoms with Gasteiger partial charge < -0.3 is 15.7 Å². The van der Waals surface area contributed by atoms with Crippen molar-refractivity contribution < 1.29 is 5.11 Å². The maximum atomic E-state index is 10.3. The molecule has 5 rings (SSSR count). The smallest absolute Gasteiger partial charge is 0.191 e. The standard InChI is InChI=1S/C19H31N5O.HI/c1-20-18(21-10-17(25)16-9-23-24(2)11-16)22-12-19-6-13-3-14(7-19)5-15(4-13)8-19;/h9,11,13-15,17,25H,3-8,10,12H2,1-2H3,(H2,20,21,22);1H. The number of rotatable bonds is 5. The summed E-state index contributed by atoms with van der Waals surface area (Å²) in [5.74, 6) is 3.69. The zero-order valence-corrected chi connectivity index (χ0v) is 18.1. The van der Waals surface area contributed by atoms with E-state index in [2.05, 4.69) is 20.7 Å². The number of aromatic nitrogens is 2. The van der Waals surface area contributed by atoms with Gasteiger partial charge in [0.15, 0.2) is 5.96 Å². The second kappa shape index (κ2) is 8.04. The molecule has 4 aliphatic carbocycles. The van der Waals surface area contributed by atoms with Crippen LogP contribution in [0.2, 0.25) is 0 Å². The van der Waals surface area contributed by atoms with Crippen molar-refractivity contribution in [2.45, 2.75) is 44.6 Å². The van der Waals surface area contributed by atoms with Crippen molar-refractivity contribution in [1.29, 1.82) is 0 Å². The number of hydrogen-bond acceptors (Lipinski definition) is 3. The van der Waals surface area contributed by atoms with Gasteiger partial charge in [0.1, 0.15) is 0 Å². The number of nitrogens with zero attached hydrogens (tertiary/aromatic N) is 3. The minimum absolute atomic E-state index is 0.